The Balaban J connectivity index is 4.10. The van der Waals surface area contributed by atoms with Gasteiger partial charge in [-0.1, -0.05) is 145 Å². The molecule has 0 spiro atoms. The number of hydrogen-bond acceptors (Lipinski definition) is 7. The van der Waals surface area contributed by atoms with Gasteiger partial charge in [-0.2, -0.15) is 0 Å². The lowest BCUT2D eigenvalue weighted by Crippen LogP contribution is -2.29. The van der Waals surface area contributed by atoms with Gasteiger partial charge < -0.3 is 14.4 Å². The van der Waals surface area contributed by atoms with Crippen molar-refractivity contribution in [3.05, 3.63) is 60.8 Å². The number of carbonyl (C=O) groups excluding carboxylic acids is 2. The van der Waals surface area contributed by atoms with Crippen molar-refractivity contribution < 1.29 is 37.6 Å². The number of esters is 2. The van der Waals surface area contributed by atoms with Crippen LogP contribution in [-0.4, -0.2) is 42.8 Å². The molecule has 0 fully saturated rings. The number of hydrogen-bond donors (Lipinski definition) is 1. The van der Waals surface area contributed by atoms with Gasteiger partial charge in [-0.3, -0.25) is 18.6 Å². The van der Waals surface area contributed by atoms with E-state index in [2.05, 4.69) is 74.6 Å². The average Bonchev–Trinajstić information content (AvgIpc) is 3.13. The van der Waals surface area contributed by atoms with Crippen LogP contribution in [0.2, 0.25) is 0 Å². The van der Waals surface area contributed by atoms with Crippen LogP contribution < -0.4 is 0 Å². The van der Waals surface area contributed by atoms with Crippen molar-refractivity contribution in [1.29, 1.82) is 0 Å². The summed E-state index contributed by atoms with van der Waals surface area (Å²) >= 11 is 0. The molecule has 0 aromatic heterocycles. The van der Waals surface area contributed by atoms with Crippen molar-refractivity contribution in [2.45, 2.75) is 187 Å². The first-order valence-electron chi connectivity index (χ1n) is 21.1. The summed E-state index contributed by atoms with van der Waals surface area (Å²) in [6.07, 6.45) is 47.0. The van der Waals surface area contributed by atoms with Crippen molar-refractivity contribution in [3.8, 4) is 0 Å². The molecule has 0 bridgehead atoms. The highest BCUT2D eigenvalue weighted by Gasteiger charge is 2.25. The second-order valence-electron chi connectivity index (χ2n) is 13.6. The van der Waals surface area contributed by atoms with E-state index in [4.69, 9.17) is 18.5 Å². The van der Waals surface area contributed by atoms with E-state index in [1.54, 1.807) is 6.92 Å². The van der Waals surface area contributed by atoms with E-state index >= 15 is 0 Å². The minimum atomic E-state index is -4.28. The van der Waals surface area contributed by atoms with Crippen molar-refractivity contribution in [2.24, 2.45) is 0 Å². The topological polar surface area (TPSA) is 108 Å². The standard InChI is InChI=1S/C44H77O8P/c1-4-7-9-11-13-15-17-19-20-21-22-23-24-25-26-27-29-31-33-35-37-39-44(46)52-42(41-51-53(47,48)50-6-3)40-49-43(45)38-36-34-32-30-28-18-16-14-12-10-8-5-2/h7,9,13-16,19-20,22-23,42H,4-6,8,10-12,17-18,21,24-41H2,1-3H3,(H,47,48)/b9-7-,15-13-,16-14-,20-19-,23-22-. The largest absolute Gasteiger partial charge is 0.472 e. The first kappa shape index (κ1) is 50.8. The van der Waals surface area contributed by atoms with Gasteiger partial charge >= 0.3 is 19.8 Å². The first-order valence-corrected chi connectivity index (χ1v) is 22.6. The smallest absolute Gasteiger partial charge is 0.462 e. The summed E-state index contributed by atoms with van der Waals surface area (Å²) < 4.78 is 32.6. The molecule has 2 atom stereocenters. The van der Waals surface area contributed by atoms with Crippen molar-refractivity contribution in [1.82, 2.24) is 0 Å². The van der Waals surface area contributed by atoms with E-state index in [9.17, 15) is 19.0 Å². The molecule has 0 heterocycles. The third-order valence-corrected chi connectivity index (χ3v) is 9.62. The number of rotatable bonds is 38. The number of phosphoric ester groups is 1. The summed E-state index contributed by atoms with van der Waals surface area (Å²) in [6.45, 7) is 5.31. The third-order valence-electron chi connectivity index (χ3n) is 8.56. The summed E-state index contributed by atoms with van der Waals surface area (Å²) in [5.74, 6) is -0.821. The fourth-order valence-electron chi connectivity index (χ4n) is 5.50. The highest BCUT2D eigenvalue weighted by atomic mass is 31.2. The summed E-state index contributed by atoms with van der Waals surface area (Å²) in [5, 5.41) is 0. The maximum absolute atomic E-state index is 12.5. The molecule has 9 heteroatoms. The maximum Gasteiger partial charge on any atom is 0.472 e. The van der Waals surface area contributed by atoms with Crippen molar-refractivity contribution in [2.75, 3.05) is 19.8 Å². The van der Waals surface area contributed by atoms with Gasteiger partial charge in [-0.25, -0.2) is 4.57 Å². The Hall–Kier alpha value is -2.25. The Bertz CT molecular complexity index is 1050. The SMILES string of the molecule is CC/C=C\C/C=C\C/C=C\C/C=C\CCCCCCCCCCC(=O)OC(COC(=O)CCCCCCC/C=C\CCCCC)COP(=O)(O)OCC. The van der Waals surface area contributed by atoms with Crippen LogP contribution in [0.15, 0.2) is 60.8 Å². The molecule has 0 rings (SSSR count). The highest BCUT2D eigenvalue weighted by Crippen LogP contribution is 2.43. The fourth-order valence-corrected chi connectivity index (χ4v) is 6.25. The van der Waals surface area contributed by atoms with E-state index in [-0.39, 0.29) is 32.0 Å². The zero-order chi connectivity index (χ0) is 38.9. The van der Waals surface area contributed by atoms with Gasteiger partial charge in [0.05, 0.1) is 13.2 Å². The van der Waals surface area contributed by atoms with E-state index in [1.807, 2.05) is 0 Å². The third kappa shape index (κ3) is 39.3. The minimum Gasteiger partial charge on any atom is -0.462 e. The molecule has 0 aliphatic carbocycles. The van der Waals surface area contributed by atoms with Gasteiger partial charge in [0.1, 0.15) is 6.61 Å². The molecule has 0 saturated heterocycles. The zero-order valence-electron chi connectivity index (χ0n) is 33.9. The van der Waals surface area contributed by atoms with E-state index in [0.717, 1.165) is 89.9 Å². The summed E-state index contributed by atoms with van der Waals surface area (Å²) in [7, 11) is -4.28. The molecule has 0 amide bonds. The molecule has 53 heavy (non-hydrogen) atoms. The Morgan fingerprint density at radius 2 is 0.962 bits per heavy atom. The number of phosphoric acid groups is 1. The number of unbranched alkanes of at least 4 members (excludes halogenated alkanes) is 16. The Kier molecular flexibility index (Phi) is 37.8. The second-order valence-corrected chi connectivity index (χ2v) is 15.1. The molecule has 0 radical (unpaired) electrons. The van der Waals surface area contributed by atoms with E-state index in [0.29, 0.717) is 6.42 Å². The minimum absolute atomic E-state index is 0.00496. The predicted octanol–water partition coefficient (Wildman–Crippen LogP) is 13.2. The molecule has 0 aromatic rings. The molecule has 0 aromatic carbocycles. The van der Waals surface area contributed by atoms with Crippen LogP contribution in [0.3, 0.4) is 0 Å². The Labute approximate surface area is 324 Å². The van der Waals surface area contributed by atoms with Gasteiger partial charge in [-0.05, 0) is 84.0 Å². The van der Waals surface area contributed by atoms with Crippen LogP contribution in [0.4, 0.5) is 0 Å². The predicted molar refractivity (Wildman–Crippen MR) is 221 cm³/mol. The summed E-state index contributed by atoms with van der Waals surface area (Å²) in [5.41, 5.74) is 0. The number of ether oxygens (including phenoxy) is 2. The van der Waals surface area contributed by atoms with Gasteiger partial charge in [0.15, 0.2) is 6.10 Å². The molecule has 8 nitrogen and oxygen atoms in total. The molecule has 0 aliphatic rings. The van der Waals surface area contributed by atoms with Gasteiger partial charge in [0.2, 0.25) is 0 Å². The van der Waals surface area contributed by atoms with Crippen LogP contribution in [0.25, 0.3) is 0 Å². The normalized spacial score (nSPS) is 14.0. The average molecular weight is 765 g/mol. The first-order chi connectivity index (χ1) is 25.8. The van der Waals surface area contributed by atoms with Gasteiger partial charge in [0.25, 0.3) is 0 Å². The van der Waals surface area contributed by atoms with Crippen molar-refractivity contribution >= 4 is 19.8 Å². The lowest BCUT2D eigenvalue weighted by Gasteiger charge is -2.19. The second kappa shape index (κ2) is 39.4. The number of carbonyl (C=O) groups is 2. The van der Waals surface area contributed by atoms with Gasteiger partial charge in [-0.15, -0.1) is 0 Å². The molecule has 0 saturated carbocycles. The lowest BCUT2D eigenvalue weighted by molar-refractivity contribution is -0.161. The van der Waals surface area contributed by atoms with E-state index in [1.165, 1.54) is 51.4 Å². The lowest BCUT2D eigenvalue weighted by atomic mass is 10.1. The van der Waals surface area contributed by atoms with Crippen LogP contribution in [-0.2, 0) is 32.7 Å². The summed E-state index contributed by atoms with van der Waals surface area (Å²) in [4.78, 5) is 34.7. The monoisotopic (exact) mass is 765 g/mol. The van der Waals surface area contributed by atoms with Gasteiger partial charge in [0, 0.05) is 12.8 Å². The zero-order valence-corrected chi connectivity index (χ0v) is 34.8. The van der Waals surface area contributed by atoms with Crippen LogP contribution >= 0.6 is 7.82 Å². The van der Waals surface area contributed by atoms with Crippen LogP contribution in [0.5, 0.6) is 0 Å². The Morgan fingerprint density at radius 1 is 0.528 bits per heavy atom. The molecule has 2 unspecified atom stereocenters. The summed E-state index contributed by atoms with van der Waals surface area (Å²) in [6, 6.07) is 0. The van der Waals surface area contributed by atoms with E-state index < -0.39 is 26.5 Å². The molecule has 1 N–H and O–H groups in total. The van der Waals surface area contributed by atoms with Crippen LogP contribution in [0, 0.1) is 0 Å². The Morgan fingerprint density at radius 3 is 1.47 bits per heavy atom. The molecule has 0 aliphatic heterocycles. The maximum atomic E-state index is 12.5. The fraction of sp³-hybridized carbons (Fsp3) is 0.727. The number of allylic oxidation sites excluding steroid dienone is 10. The van der Waals surface area contributed by atoms with Crippen LogP contribution in [0.1, 0.15) is 181 Å². The molecule has 306 valence electrons. The highest BCUT2D eigenvalue weighted by molar-refractivity contribution is 7.47. The molecular formula is C44H77O8P. The molecular weight excluding hydrogens is 687 g/mol. The quantitative estimate of drug-likeness (QED) is 0.0286. The van der Waals surface area contributed by atoms with Crippen molar-refractivity contribution in [3.63, 3.8) is 0 Å².